The fraction of sp³-hybridized carbons (Fsp3) is 0.632. The minimum absolute atomic E-state index is 0.282. The zero-order chi connectivity index (χ0) is 16.1. The van der Waals surface area contributed by atoms with Gasteiger partial charge in [0.05, 0.1) is 0 Å². The third kappa shape index (κ3) is 4.10. The van der Waals surface area contributed by atoms with Crippen LogP contribution in [0.2, 0.25) is 0 Å². The van der Waals surface area contributed by atoms with Gasteiger partial charge in [0.25, 0.3) is 0 Å². The molecule has 1 aromatic rings. The minimum Gasteiger partial charge on any atom is -0.338 e. The molecule has 1 N–H and O–H groups in total. The molecular formula is C19H30N2O. The molecule has 3 heteroatoms. The van der Waals surface area contributed by atoms with Crippen molar-refractivity contribution in [2.24, 2.45) is 0 Å². The van der Waals surface area contributed by atoms with Crippen LogP contribution in [0.4, 0.5) is 0 Å². The first-order chi connectivity index (χ1) is 10.5. The Morgan fingerprint density at radius 1 is 1.23 bits per heavy atom. The molecule has 2 unspecified atom stereocenters. The Bertz CT molecular complexity index is 481. The summed E-state index contributed by atoms with van der Waals surface area (Å²) >= 11 is 0. The number of carbonyl (C=O) groups is 1. The first-order valence-electron chi connectivity index (χ1n) is 8.56. The normalized spacial score (nSPS) is 19.7. The van der Waals surface area contributed by atoms with Crippen LogP contribution in [0.15, 0.2) is 24.3 Å². The zero-order valence-electron chi connectivity index (χ0n) is 14.4. The van der Waals surface area contributed by atoms with Gasteiger partial charge in [-0.05, 0) is 42.9 Å². The lowest BCUT2D eigenvalue weighted by atomic mass is 9.94. The molecule has 1 heterocycles. The molecule has 0 spiro atoms. The Labute approximate surface area is 135 Å². The lowest BCUT2D eigenvalue weighted by molar-refractivity contribution is -0.132. The summed E-state index contributed by atoms with van der Waals surface area (Å²) in [7, 11) is 1.96. The average Bonchev–Trinajstić information content (AvgIpc) is 2.96. The number of benzene rings is 1. The molecule has 0 radical (unpaired) electrons. The quantitative estimate of drug-likeness (QED) is 0.872. The van der Waals surface area contributed by atoms with Crippen LogP contribution in [-0.4, -0.2) is 37.0 Å². The number of rotatable bonds is 6. The van der Waals surface area contributed by atoms with E-state index in [0.29, 0.717) is 24.3 Å². The maximum Gasteiger partial charge on any atom is 0.223 e. The number of hydrogen-bond donors (Lipinski definition) is 1. The third-order valence-corrected chi connectivity index (χ3v) is 4.79. The van der Waals surface area contributed by atoms with Crippen LogP contribution >= 0.6 is 0 Å². The molecule has 1 aromatic carbocycles. The van der Waals surface area contributed by atoms with E-state index in [1.165, 1.54) is 11.1 Å². The summed E-state index contributed by atoms with van der Waals surface area (Å²) < 4.78 is 0. The number of carbonyl (C=O) groups excluding carboxylic acids is 1. The molecule has 122 valence electrons. The molecule has 1 fully saturated rings. The van der Waals surface area contributed by atoms with Crippen molar-refractivity contribution in [2.45, 2.75) is 57.9 Å². The van der Waals surface area contributed by atoms with Crippen molar-refractivity contribution in [1.29, 1.82) is 0 Å². The lowest BCUT2D eigenvalue weighted by Crippen LogP contribution is -2.41. The van der Waals surface area contributed by atoms with E-state index in [1.807, 2.05) is 7.05 Å². The average molecular weight is 302 g/mol. The van der Waals surface area contributed by atoms with E-state index in [-0.39, 0.29) is 5.92 Å². The summed E-state index contributed by atoms with van der Waals surface area (Å²) in [5, 5.41) is 3.20. The molecule has 2 atom stereocenters. The summed E-state index contributed by atoms with van der Waals surface area (Å²) in [6.07, 6.45) is 2.88. The Morgan fingerprint density at radius 3 is 2.45 bits per heavy atom. The molecule has 0 aliphatic carbocycles. The van der Waals surface area contributed by atoms with E-state index in [1.54, 1.807) is 0 Å². The fourth-order valence-electron chi connectivity index (χ4n) is 3.32. The maximum absolute atomic E-state index is 12.6. The number of nitrogens with zero attached hydrogens (tertiary/aromatic N) is 1. The Kier molecular flexibility index (Phi) is 6.01. The van der Waals surface area contributed by atoms with Crippen molar-refractivity contribution < 1.29 is 4.79 Å². The Morgan fingerprint density at radius 2 is 1.86 bits per heavy atom. The molecule has 1 saturated heterocycles. The molecule has 1 aliphatic heterocycles. The van der Waals surface area contributed by atoms with E-state index >= 15 is 0 Å². The first-order valence-corrected chi connectivity index (χ1v) is 8.56. The maximum atomic E-state index is 12.6. The number of hydrogen-bond acceptors (Lipinski definition) is 2. The SMILES string of the molecule is CNCC1CCCN1C(=O)CC(C)c1ccc(C(C)C)cc1. The first kappa shape index (κ1) is 17.0. The van der Waals surface area contributed by atoms with Crippen LogP contribution < -0.4 is 5.32 Å². The van der Waals surface area contributed by atoms with Gasteiger partial charge in [0, 0.05) is 25.6 Å². The highest BCUT2D eigenvalue weighted by Gasteiger charge is 2.28. The standard InChI is InChI=1S/C19H30N2O/c1-14(2)16-7-9-17(10-8-16)15(3)12-19(22)21-11-5-6-18(21)13-20-4/h7-10,14-15,18,20H,5-6,11-13H2,1-4H3. The summed E-state index contributed by atoms with van der Waals surface area (Å²) in [6, 6.07) is 9.14. The fourth-order valence-corrected chi connectivity index (χ4v) is 3.32. The highest BCUT2D eigenvalue weighted by molar-refractivity contribution is 5.77. The monoisotopic (exact) mass is 302 g/mol. The van der Waals surface area contributed by atoms with Crippen LogP contribution in [-0.2, 0) is 4.79 Å². The van der Waals surface area contributed by atoms with E-state index < -0.39 is 0 Å². The van der Waals surface area contributed by atoms with Crippen molar-refractivity contribution in [3.05, 3.63) is 35.4 Å². The van der Waals surface area contributed by atoms with E-state index in [4.69, 9.17) is 0 Å². The predicted octanol–water partition coefficient (Wildman–Crippen LogP) is 3.51. The summed E-state index contributed by atoms with van der Waals surface area (Å²) in [5.74, 6) is 1.14. The van der Waals surface area contributed by atoms with Gasteiger partial charge >= 0.3 is 0 Å². The number of likely N-dealkylation sites (tertiary alicyclic amines) is 1. The summed E-state index contributed by atoms with van der Waals surface area (Å²) in [6.45, 7) is 8.40. The molecule has 0 saturated carbocycles. The second-order valence-corrected chi connectivity index (χ2v) is 6.87. The van der Waals surface area contributed by atoms with Gasteiger partial charge in [-0.3, -0.25) is 4.79 Å². The smallest absolute Gasteiger partial charge is 0.223 e. The van der Waals surface area contributed by atoms with Crippen LogP contribution in [0.5, 0.6) is 0 Å². The molecule has 0 aromatic heterocycles. The summed E-state index contributed by atoms with van der Waals surface area (Å²) in [5.41, 5.74) is 2.62. The minimum atomic E-state index is 0.282. The van der Waals surface area contributed by atoms with Crippen LogP contribution in [0.1, 0.15) is 63.0 Å². The van der Waals surface area contributed by atoms with Gasteiger partial charge in [0.15, 0.2) is 0 Å². The van der Waals surface area contributed by atoms with Gasteiger partial charge in [0.2, 0.25) is 5.91 Å². The summed E-state index contributed by atoms with van der Waals surface area (Å²) in [4.78, 5) is 14.7. The largest absolute Gasteiger partial charge is 0.338 e. The van der Waals surface area contributed by atoms with Crippen molar-refractivity contribution in [2.75, 3.05) is 20.1 Å². The zero-order valence-corrected chi connectivity index (χ0v) is 14.4. The van der Waals surface area contributed by atoms with Gasteiger partial charge < -0.3 is 10.2 Å². The predicted molar refractivity (Wildman–Crippen MR) is 92.2 cm³/mol. The number of nitrogens with one attached hydrogen (secondary N) is 1. The van der Waals surface area contributed by atoms with Crippen molar-refractivity contribution in [3.8, 4) is 0 Å². The molecule has 1 aliphatic rings. The van der Waals surface area contributed by atoms with Crippen molar-refractivity contribution >= 4 is 5.91 Å². The van der Waals surface area contributed by atoms with Gasteiger partial charge in [-0.2, -0.15) is 0 Å². The molecule has 22 heavy (non-hydrogen) atoms. The van der Waals surface area contributed by atoms with Gasteiger partial charge in [-0.1, -0.05) is 45.0 Å². The molecule has 1 amide bonds. The van der Waals surface area contributed by atoms with Gasteiger partial charge in [-0.25, -0.2) is 0 Å². The third-order valence-electron chi connectivity index (χ3n) is 4.79. The number of likely N-dealkylation sites (N-methyl/N-ethyl adjacent to an activating group) is 1. The second-order valence-electron chi connectivity index (χ2n) is 6.87. The van der Waals surface area contributed by atoms with Crippen LogP contribution in [0.25, 0.3) is 0 Å². The topological polar surface area (TPSA) is 32.3 Å². The van der Waals surface area contributed by atoms with E-state index in [9.17, 15) is 4.79 Å². The molecule has 2 rings (SSSR count). The number of amides is 1. The van der Waals surface area contributed by atoms with Gasteiger partial charge in [0.1, 0.15) is 0 Å². The van der Waals surface area contributed by atoms with Crippen LogP contribution in [0, 0.1) is 0 Å². The lowest BCUT2D eigenvalue weighted by Gasteiger charge is -2.26. The Balaban J connectivity index is 1.95. The van der Waals surface area contributed by atoms with Crippen molar-refractivity contribution in [3.63, 3.8) is 0 Å². The highest BCUT2D eigenvalue weighted by Crippen LogP contribution is 2.25. The molecule has 3 nitrogen and oxygen atoms in total. The highest BCUT2D eigenvalue weighted by atomic mass is 16.2. The molecule has 0 bridgehead atoms. The van der Waals surface area contributed by atoms with E-state index in [2.05, 4.69) is 55.3 Å². The molecular weight excluding hydrogens is 272 g/mol. The van der Waals surface area contributed by atoms with Crippen molar-refractivity contribution in [1.82, 2.24) is 10.2 Å². The Hall–Kier alpha value is -1.35. The van der Waals surface area contributed by atoms with E-state index in [0.717, 1.165) is 25.9 Å². The van der Waals surface area contributed by atoms with Crippen LogP contribution in [0.3, 0.4) is 0 Å². The second kappa shape index (κ2) is 7.77. The van der Waals surface area contributed by atoms with Gasteiger partial charge in [-0.15, -0.1) is 0 Å².